The summed E-state index contributed by atoms with van der Waals surface area (Å²) in [5.41, 5.74) is 0. The summed E-state index contributed by atoms with van der Waals surface area (Å²) in [5.74, 6) is 0.651. The maximum Gasteiger partial charge on any atom is 0.217 e. The van der Waals surface area contributed by atoms with E-state index in [4.69, 9.17) is 0 Å². The molecule has 0 bridgehead atoms. The fourth-order valence-corrected chi connectivity index (χ4v) is 3.40. The molecular weight excluding hydrogens is 232 g/mol. The second-order valence-electron chi connectivity index (χ2n) is 4.70. The second kappa shape index (κ2) is 5.65. The first-order valence-electron chi connectivity index (χ1n) is 6.22. The van der Waals surface area contributed by atoms with Gasteiger partial charge >= 0.3 is 0 Å². The molecule has 2 heterocycles. The summed E-state index contributed by atoms with van der Waals surface area (Å²) >= 11 is 1.82. The highest BCUT2D eigenvalue weighted by molar-refractivity contribution is 7.10. The average Bonchev–Trinajstić information content (AvgIpc) is 2.81. The third-order valence-electron chi connectivity index (χ3n) is 3.33. The minimum absolute atomic E-state index is 0.0814. The molecule has 4 heteroatoms. The van der Waals surface area contributed by atoms with E-state index in [0.29, 0.717) is 12.0 Å². The van der Waals surface area contributed by atoms with Crippen LogP contribution in [0, 0.1) is 0 Å². The number of nitrogens with zero attached hydrogens (tertiary/aromatic N) is 1. The maximum absolute atomic E-state index is 11.2. The molecule has 0 saturated carbocycles. The van der Waals surface area contributed by atoms with E-state index in [1.54, 1.807) is 6.92 Å². The van der Waals surface area contributed by atoms with Gasteiger partial charge in [0.1, 0.15) is 0 Å². The van der Waals surface area contributed by atoms with Crippen LogP contribution in [0.3, 0.4) is 0 Å². The van der Waals surface area contributed by atoms with Gasteiger partial charge in [-0.05, 0) is 24.4 Å². The van der Waals surface area contributed by atoms with Gasteiger partial charge < -0.3 is 10.2 Å². The minimum atomic E-state index is 0.0814. The summed E-state index contributed by atoms with van der Waals surface area (Å²) < 4.78 is 0. The summed E-state index contributed by atoms with van der Waals surface area (Å²) in [4.78, 5) is 15.0. The lowest BCUT2D eigenvalue weighted by Crippen LogP contribution is -2.49. The second-order valence-corrected chi connectivity index (χ2v) is 5.68. The molecule has 1 aromatic rings. The predicted octanol–water partition coefficient (Wildman–Crippen LogP) is 2.06. The topological polar surface area (TPSA) is 32.3 Å². The molecule has 1 fully saturated rings. The van der Waals surface area contributed by atoms with E-state index in [2.05, 4.69) is 34.7 Å². The van der Waals surface area contributed by atoms with Gasteiger partial charge in [0.25, 0.3) is 0 Å². The molecule has 2 atom stereocenters. The number of amides is 1. The predicted molar refractivity (Wildman–Crippen MR) is 71.4 cm³/mol. The van der Waals surface area contributed by atoms with Crippen LogP contribution in [0.1, 0.15) is 31.1 Å². The first-order chi connectivity index (χ1) is 8.19. The molecule has 17 heavy (non-hydrogen) atoms. The molecule has 1 saturated heterocycles. The number of likely N-dealkylation sites (N-methyl/N-ethyl adjacent to an activating group) is 1. The number of carbonyl (C=O) groups excluding carboxylic acids is 1. The highest BCUT2D eigenvalue weighted by atomic mass is 32.1. The van der Waals surface area contributed by atoms with Crippen molar-refractivity contribution in [2.45, 2.75) is 32.2 Å². The van der Waals surface area contributed by atoms with Crippen molar-refractivity contribution < 1.29 is 4.79 Å². The van der Waals surface area contributed by atoms with Gasteiger partial charge in [-0.1, -0.05) is 13.0 Å². The van der Waals surface area contributed by atoms with Crippen LogP contribution in [0.25, 0.3) is 0 Å². The fraction of sp³-hybridized carbons (Fsp3) is 0.615. The van der Waals surface area contributed by atoms with Crippen LogP contribution >= 0.6 is 11.3 Å². The number of thiophene rings is 1. The molecule has 1 amide bonds. The standard InChI is InChI=1S/C13H20N2OS/c1-3-15-8-11(13-5-4-6-17-13)7-12(9-15)14-10(2)16/h4-6,11-12H,3,7-9H2,1-2H3,(H,14,16). The zero-order valence-corrected chi connectivity index (χ0v) is 11.3. The Hall–Kier alpha value is -0.870. The van der Waals surface area contributed by atoms with E-state index in [-0.39, 0.29) is 5.91 Å². The smallest absolute Gasteiger partial charge is 0.217 e. The SMILES string of the molecule is CCN1CC(NC(C)=O)CC(c2cccs2)C1. The van der Waals surface area contributed by atoms with Gasteiger partial charge in [-0.15, -0.1) is 11.3 Å². The third kappa shape index (κ3) is 3.30. The van der Waals surface area contributed by atoms with Crippen LogP contribution in [0.15, 0.2) is 17.5 Å². The maximum atomic E-state index is 11.2. The Labute approximate surface area is 107 Å². The summed E-state index contributed by atoms with van der Waals surface area (Å²) in [6.45, 7) is 6.94. The van der Waals surface area contributed by atoms with Gasteiger partial charge in [-0.25, -0.2) is 0 Å². The Balaban J connectivity index is 2.04. The van der Waals surface area contributed by atoms with Crippen molar-refractivity contribution in [1.82, 2.24) is 10.2 Å². The van der Waals surface area contributed by atoms with E-state index in [1.807, 2.05) is 11.3 Å². The van der Waals surface area contributed by atoms with Crippen molar-refractivity contribution in [2.75, 3.05) is 19.6 Å². The fourth-order valence-electron chi connectivity index (χ4n) is 2.57. The number of carbonyl (C=O) groups is 1. The molecule has 0 spiro atoms. The van der Waals surface area contributed by atoms with Gasteiger partial charge in [-0.3, -0.25) is 4.79 Å². The summed E-state index contributed by atoms with van der Waals surface area (Å²) in [6.07, 6.45) is 1.07. The molecule has 1 aromatic heterocycles. The van der Waals surface area contributed by atoms with Gasteiger partial charge in [0.2, 0.25) is 5.91 Å². The van der Waals surface area contributed by atoms with Gasteiger partial charge in [-0.2, -0.15) is 0 Å². The lowest BCUT2D eigenvalue weighted by Gasteiger charge is -2.37. The van der Waals surface area contributed by atoms with E-state index >= 15 is 0 Å². The Bertz CT molecular complexity index is 364. The van der Waals surface area contributed by atoms with Crippen LogP contribution in [-0.4, -0.2) is 36.5 Å². The van der Waals surface area contributed by atoms with Crippen molar-refractivity contribution in [2.24, 2.45) is 0 Å². The van der Waals surface area contributed by atoms with E-state index < -0.39 is 0 Å². The van der Waals surface area contributed by atoms with Crippen LogP contribution in [-0.2, 0) is 4.79 Å². The summed E-state index contributed by atoms with van der Waals surface area (Å²) in [6, 6.07) is 4.62. The molecule has 0 aliphatic carbocycles. The zero-order chi connectivity index (χ0) is 12.3. The van der Waals surface area contributed by atoms with Crippen molar-refractivity contribution >= 4 is 17.2 Å². The van der Waals surface area contributed by atoms with Crippen LogP contribution in [0.4, 0.5) is 0 Å². The molecule has 0 aromatic carbocycles. The van der Waals surface area contributed by atoms with Crippen molar-refractivity contribution in [3.05, 3.63) is 22.4 Å². The quantitative estimate of drug-likeness (QED) is 0.893. The summed E-state index contributed by atoms with van der Waals surface area (Å²) in [7, 11) is 0. The third-order valence-corrected chi connectivity index (χ3v) is 4.36. The van der Waals surface area contributed by atoms with Gasteiger partial charge in [0.05, 0.1) is 0 Å². The Morgan fingerprint density at radius 1 is 1.59 bits per heavy atom. The van der Waals surface area contributed by atoms with Crippen LogP contribution < -0.4 is 5.32 Å². The highest BCUT2D eigenvalue weighted by Crippen LogP contribution is 2.30. The van der Waals surface area contributed by atoms with Crippen LogP contribution in [0.5, 0.6) is 0 Å². The number of rotatable bonds is 3. The van der Waals surface area contributed by atoms with E-state index in [1.165, 1.54) is 4.88 Å². The largest absolute Gasteiger partial charge is 0.352 e. The number of nitrogens with one attached hydrogen (secondary N) is 1. The highest BCUT2D eigenvalue weighted by Gasteiger charge is 2.28. The van der Waals surface area contributed by atoms with E-state index in [0.717, 1.165) is 26.1 Å². The Morgan fingerprint density at radius 2 is 2.41 bits per heavy atom. The van der Waals surface area contributed by atoms with Crippen molar-refractivity contribution in [3.63, 3.8) is 0 Å². The molecule has 2 unspecified atom stereocenters. The molecule has 3 nitrogen and oxygen atoms in total. The zero-order valence-electron chi connectivity index (χ0n) is 10.5. The average molecular weight is 252 g/mol. The number of hydrogen-bond donors (Lipinski definition) is 1. The van der Waals surface area contributed by atoms with Crippen LogP contribution in [0.2, 0.25) is 0 Å². The number of piperidine rings is 1. The Morgan fingerprint density at radius 3 is 3.00 bits per heavy atom. The van der Waals surface area contributed by atoms with Gasteiger partial charge in [0.15, 0.2) is 0 Å². The lowest BCUT2D eigenvalue weighted by atomic mass is 9.93. The lowest BCUT2D eigenvalue weighted by molar-refractivity contribution is -0.120. The molecule has 2 rings (SSSR count). The molecule has 1 aliphatic rings. The first kappa shape index (κ1) is 12.6. The Kier molecular flexibility index (Phi) is 4.18. The number of likely N-dealkylation sites (tertiary alicyclic amines) is 1. The molecule has 0 radical (unpaired) electrons. The normalized spacial score (nSPS) is 25.8. The first-order valence-corrected chi connectivity index (χ1v) is 7.10. The van der Waals surface area contributed by atoms with E-state index in [9.17, 15) is 4.79 Å². The summed E-state index contributed by atoms with van der Waals surface area (Å²) in [5, 5.41) is 5.19. The number of hydrogen-bond acceptors (Lipinski definition) is 3. The molecular formula is C13H20N2OS. The minimum Gasteiger partial charge on any atom is -0.352 e. The van der Waals surface area contributed by atoms with Crippen molar-refractivity contribution in [3.8, 4) is 0 Å². The monoisotopic (exact) mass is 252 g/mol. The van der Waals surface area contributed by atoms with Crippen molar-refractivity contribution in [1.29, 1.82) is 0 Å². The molecule has 1 aliphatic heterocycles. The molecule has 94 valence electrons. The van der Waals surface area contributed by atoms with Gasteiger partial charge in [0, 0.05) is 36.9 Å². The molecule has 1 N–H and O–H groups in total.